The molecule has 1 amide bonds. The van der Waals surface area contributed by atoms with Gasteiger partial charge in [-0.05, 0) is 18.6 Å². The number of rotatable bonds is 4. The molecule has 94 valence electrons. The van der Waals surface area contributed by atoms with E-state index in [2.05, 4.69) is 15.4 Å². The van der Waals surface area contributed by atoms with Crippen molar-refractivity contribution in [3.63, 3.8) is 0 Å². The van der Waals surface area contributed by atoms with Crippen molar-refractivity contribution >= 4 is 11.6 Å². The predicted octanol–water partition coefficient (Wildman–Crippen LogP) is 0.684. The van der Waals surface area contributed by atoms with Gasteiger partial charge in [0.05, 0.1) is 6.54 Å². The van der Waals surface area contributed by atoms with Crippen molar-refractivity contribution in [2.45, 2.75) is 20.0 Å². The minimum atomic E-state index is -0.141. The molecule has 0 unspecified atom stereocenters. The van der Waals surface area contributed by atoms with Gasteiger partial charge in [0.25, 0.3) is 0 Å². The van der Waals surface area contributed by atoms with Gasteiger partial charge in [-0.3, -0.25) is 4.79 Å². The standard InChI is InChI=1S/C12H15N5O/c1-9-4-2-3-5-10(9)15-12(18)7-17-8-14-11(6-13)16-17/h2-5,8H,6-7,13H2,1H3,(H,15,18). The van der Waals surface area contributed by atoms with Gasteiger partial charge < -0.3 is 11.1 Å². The first-order valence-electron chi connectivity index (χ1n) is 5.63. The van der Waals surface area contributed by atoms with Crippen LogP contribution >= 0.6 is 0 Å². The molecular formula is C12H15N5O. The highest BCUT2D eigenvalue weighted by atomic mass is 16.2. The maximum Gasteiger partial charge on any atom is 0.246 e. The summed E-state index contributed by atoms with van der Waals surface area (Å²) in [6, 6.07) is 7.61. The number of para-hydroxylation sites is 1. The first-order chi connectivity index (χ1) is 8.69. The monoisotopic (exact) mass is 245 g/mol. The Morgan fingerprint density at radius 1 is 1.44 bits per heavy atom. The Kier molecular flexibility index (Phi) is 3.69. The third-order valence-corrected chi connectivity index (χ3v) is 2.49. The first kappa shape index (κ1) is 12.3. The number of nitrogens with one attached hydrogen (secondary N) is 1. The molecule has 0 saturated carbocycles. The predicted molar refractivity (Wildman–Crippen MR) is 67.7 cm³/mol. The summed E-state index contributed by atoms with van der Waals surface area (Å²) in [6.07, 6.45) is 1.50. The molecule has 0 aliphatic carbocycles. The molecule has 0 saturated heterocycles. The lowest BCUT2D eigenvalue weighted by Gasteiger charge is -2.07. The highest BCUT2D eigenvalue weighted by Crippen LogP contribution is 2.12. The Morgan fingerprint density at radius 2 is 2.22 bits per heavy atom. The number of carbonyl (C=O) groups excluding carboxylic acids is 1. The van der Waals surface area contributed by atoms with Gasteiger partial charge in [0.2, 0.25) is 5.91 Å². The molecule has 1 heterocycles. The SMILES string of the molecule is Cc1ccccc1NC(=O)Cn1cnc(CN)n1. The van der Waals surface area contributed by atoms with E-state index in [1.54, 1.807) is 0 Å². The number of hydrogen-bond acceptors (Lipinski definition) is 4. The molecule has 6 heteroatoms. The summed E-state index contributed by atoms with van der Waals surface area (Å²) >= 11 is 0. The molecule has 18 heavy (non-hydrogen) atoms. The third kappa shape index (κ3) is 2.92. The van der Waals surface area contributed by atoms with Gasteiger partial charge in [0.15, 0.2) is 5.82 Å². The smallest absolute Gasteiger partial charge is 0.246 e. The molecule has 1 aromatic heterocycles. The third-order valence-electron chi connectivity index (χ3n) is 2.49. The van der Waals surface area contributed by atoms with E-state index in [-0.39, 0.29) is 19.0 Å². The molecule has 0 fully saturated rings. The quantitative estimate of drug-likeness (QED) is 0.829. The summed E-state index contributed by atoms with van der Waals surface area (Å²) < 4.78 is 1.47. The van der Waals surface area contributed by atoms with E-state index in [1.165, 1.54) is 11.0 Å². The molecular weight excluding hydrogens is 230 g/mol. The van der Waals surface area contributed by atoms with Crippen molar-refractivity contribution in [3.8, 4) is 0 Å². The maximum atomic E-state index is 11.8. The Morgan fingerprint density at radius 3 is 2.89 bits per heavy atom. The number of hydrogen-bond donors (Lipinski definition) is 2. The minimum Gasteiger partial charge on any atom is -0.324 e. The van der Waals surface area contributed by atoms with E-state index in [4.69, 9.17) is 5.73 Å². The van der Waals surface area contributed by atoms with Crippen molar-refractivity contribution in [1.82, 2.24) is 14.8 Å². The topological polar surface area (TPSA) is 85.8 Å². The van der Waals surface area contributed by atoms with Crippen molar-refractivity contribution in [3.05, 3.63) is 42.0 Å². The van der Waals surface area contributed by atoms with Crippen molar-refractivity contribution in [2.24, 2.45) is 5.73 Å². The number of anilines is 1. The molecule has 0 spiro atoms. The zero-order valence-corrected chi connectivity index (χ0v) is 10.1. The van der Waals surface area contributed by atoms with Gasteiger partial charge >= 0.3 is 0 Å². The Bertz CT molecular complexity index is 549. The molecule has 2 aromatic rings. The fourth-order valence-electron chi connectivity index (χ4n) is 1.55. The summed E-state index contributed by atoms with van der Waals surface area (Å²) in [5, 5.41) is 6.88. The second-order valence-electron chi connectivity index (χ2n) is 3.93. The Balaban J connectivity index is 1.99. The number of nitrogens with zero attached hydrogens (tertiary/aromatic N) is 3. The molecule has 6 nitrogen and oxygen atoms in total. The molecule has 0 bridgehead atoms. The van der Waals surface area contributed by atoms with E-state index >= 15 is 0 Å². The van der Waals surface area contributed by atoms with Crippen LogP contribution in [0.25, 0.3) is 0 Å². The van der Waals surface area contributed by atoms with Gasteiger partial charge in [0.1, 0.15) is 12.9 Å². The minimum absolute atomic E-state index is 0.126. The summed E-state index contributed by atoms with van der Waals surface area (Å²) in [5.41, 5.74) is 7.23. The lowest BCUT2D eigenvalue weighted by Crippen LogP contribution is -2.19. The van der Waals surface area contributed by atoms with Crippen LogP contribution in [0.1, 0.15) is 11.4 Å². The average molecular weight is 245 g/mol. The van der Waals surface area contributed by atoms with Crippen LogP contribution < -0.4 is 11.1 Å². The van der Waals surface area contributed by atoms with E-state index in [0.29, 0.717) is 5.82 Å². The molecule has 0 radical (unpaired) electrons. The summed E-state index contributed by atoms with van der Waals surface area (Å²) in [5.74, 6) is 0.386. The van der Waals surface area contributed by atoms with Crippen LogP contribution in [0.3, 0.4) is 0 Å². The zero-order chi connectivity index (χ0) is 13.0. The van der Waals surface area contributed by atoms with Crippen LogP contribution in [0.5, 0.6) is 0 Å². The molecule has 0 aliphatic rings. The highest BCUT2D eigenvalue weighted by Gasteiger charge is 2.06. The van der Waals surface area contributed by atoms with Crippen molar-refractivity contribution in [2.75, 3.05) is 5.32 Å². The fourth-order valence-corrected chi connectivity index (χ4v) is 1.55. The van der Waals surface area contributed by atoms with Gasteiger partial charge in [-0.15, -0.1) is 0 Å². The number of amides is 1. The normalized spacial score (nSPS) is 10.3. The summed E-state index contributed by atoms with van der Waals surface area (Å²) in [4.78, 5) is 15.8. The second kappa shape index (κ2) is 5.42. The van der Waals surface area contributed by atoms with Gasteiger partial charge in [-0.25, -0.2) is 9.67 Å². The first-order valence-corrected chi connectivity index (χ1v) is 5.63. The van der Waals surface area contributed by atoms with Crippen LogP contribution in [0, 0.1) is 6.92 Å². The Hall–Kier alpha value is -2.21. The zero-order valence-electron chi connectivity index (χ0n) is 10.1. The van der Waals surface area contributed by atoms with E-state index in [1.807, 2.05) is 31.2 Å². The number of aromatic nitrogens is 3. The fraction of sp³-hybridized carbons (Fsp3) is 0.250. The maximum absolute atomic E-state index is 11.8. The van der Waals surface area contributed by atoms with Gasteiger partial charge in [0, 0.05) is 5.69 Å². The second-order valence-corrected chi connectivity index (χ2v) is 3.93. The van der Waals surface area contributed by atoms with E-state index < -0.39 is 0 Å². The molecule has 2 rings (SSSR count). The molecule has 3 N–H and O–H groups in total. The van der Waals surface area contributed by atoms with Crippen LogP contribution in [0.4, 0.5) is 5.69 Å². The van der Waals surface area contributed by atoms with Crippen LogP contribution in [-0.4, -0.2) is 20.7 Å². The summed E-state index contributed by atoms with van der Waals surface area (Å²) in [7, 11) is 0. The molecule has 0 aliphatic heterocycles. The largest absolute Gasteiger partial charge is 0.324 e. The van der Waals surface area contributed by atoms with Crippen LogP contribution in [0.2, 0.25) is 0 Å². The molecule has 0 atom stereocenters. The van der Waals surface area contributed by atoms with Gasteiger partial charge in [-0.2, -0.15) is 5.10 Å². The average Bonchev–Trinajstić information content (AvgIpc) is 2.80. The number of aryl methyl sites for hydroxylation is 1. The highest BCUT2D eigenvalue weighted by molar-refractivity contribution is 5.91. The lowest BCUT2D eigenvalue weighted by molar-refractivity contribution is -0.116. The van der Waals surface area contributed by atoms with E-state index in [0.717, 1.165) is 11.3 Å². The van der Waals surface area contributed by atoms with Crippen molar-refractivity contribution < 1.29 is 4.79 Å². The van der Waals surface area contributed by atoms with Crippen LogP contribution in [0.15, 0.2) is 30.6 Å². The van der Waals surface area contributed by atoms with Crippen LogP contribution in [-0.2, 0) is 17.9 Å². The van der Waals surface area contributed by atoms with Crippen molar-refractivity contribution in [1.29, 1.82) is 0 Å². The Labute approximate surface area is 105 Å². The van der Waals surface area contributed by atoms with E-state index in [9.17, 15) is 4.79 Å². The number of nitrogens with two attached hydrogens (primary N) is 1. The summed E-state index contributed by atoms with van der Waals surface area (Å²) in [6.45, 7) is 2.34. The van der Waals surface area contributed by atoms with Gasteiger partial charge in [-0.1, -0.05) is 18.2 Å². The number of carbonyl (C=O) groups is 1. The molecule has 1 aromatic carbocycles. The lowest BCUT2D eigenvalue weighted by atomic mass is 10.2. The number of benzene rings is 1.